The maximum Gasteiger partial charge on any atom is 0.322 e. The molecule has 0 aliphatic carbocycles. The minimum Gasteiger partial charge on any atom is -0.424 e. The Labute approximate surface area is 113 Å². The molecule has 0 aliphatic heterocycles. The molecule has 2 rings (SSSR count). The van der Waals surface area contributed by atoms with E-state index in [9.17, 15) is 0 Å². The Morgan fingerprint density at radius 2 is 1.89 bits per heavy atom. The summed E-state index contributed by atoms with van der Waals surface area (Å²) in [5.41, 5.74) is 9.34. The number of nitrogen functional groups attached to an aromatic ring is 1. The Kier molecular flexibility index (Phi) is 3.69. The van der Waals surface area contributed by atoms with Gasteiger partial charge in [-0.25, -0.2) is 4.98 Å². The smallest absolute Gasteiger partial charge is 0.322 e. The molecule has 4 heteroatoms. The number of ether oxygens (including phenoxy) is 1. The van der Waals surface area contributed by atoms with E-state index in [4.69, 9.17) is 10.5 Å². The van der Waals surface area contributed by atoms with Crippen molar-refractivity contribution in [3.8, 4) is 11.8 Å². The fraction of sp³-hybridized carbons (Fsp3) is 0.333. The second-order valence-corrected chi connectivity index (χ2v) is 4.94. The highest BCUT2D eigenvalue weighted by atomic mass is 16.5. The molecule has 19 heavy (non-hydrogen) atoms. The first-order chi connectivity index (χ1) is 8.97. The van der Waals surface area contributed by atoms with Crippen LogP contribution in [0.25, 0.3) is 0 Å². The summed E-state index contributed by atoms with van der Waals surface area (Å²) in [6, 6.07) is 7.92. The average Bonchev–Trinajstić information content (AvgIpc) is 2.34. The molecule has 1 aromatic heterocycles. The van der Waals surface area contributed by atoms with Crippen LogP contribution in [0.2, 0.25) is 0 Å². The van der Waals surface area contributed by atoms with Crippen molar-refractivity contribution < 1.29 is 4.74 Å². The van der Waals surface area contributed by atoms with Gasteiger partial charge in [0.1, 0.15) is 5.75 Å². The number of nitrogens with two attached hydrogens (primary N) is 1. The largest absolute Gasteiger partial charge is 0.424 e. The van der Waals surface area contributed by atoms with Gasteiger partial charge in [-0.2, -0.15) is 4.98 Å². The van der Waals surface area contributed by atoms with Crippen LogP contribution in [0.4, 0.5) is 5.69 Å². The molecule has 100 valence electrons. The van der Waals surface area contributed by atoms with E-state index < -0.39 is 0 Å². The highest BCUT2D eigenvalue weighted by Gasteiger charge is 2.09. The van der Waals surface area contributed by atoms with Gasteiger partial charge in [0.15, 0.2) is 0 Å². The summed E-state index contributed by atoms with van der Waals surface area (Å²) >= 11 is 0. The Balaban J connectivity index is 2.35. The van der Waals surface area contributed by atoms with Gasteiger partial charge in [-0.15, -0.1) is 0 Å². The monoisotopic (exact) mass is 257 g/mol. The summed E-state index contributed by atoms with van der Waals surface area (Å²) in [7, 11) is 0. The number of nitrogens with zero attached hydrogens (tertiary/aromatic N) is 2. The molecule has 0 saturated carbocycles. The van der Waals surface area contributed by atoms with Gasteiger partial charge in [0, 0.05) is 16.9 Å². The molecule has 0 atom stereocenters. The first-order valence-electron chi connectivity index (χ1n) is 6.36. The third kappa shape index (κ3) is 3.02. The number of hydrogen-bond donors (Lipinski definition) is 1. The zero-order valence-electron chi connectivity index (χ0n) is 11.8. The molecule has 1 aromatic carbocycles. The van der Waals surface area contributed by atoms with Crippen LogP contribution >= 0.6 is 0 Å². The fourth-order valence-electron chi connectivity index (χ4n) is 1.75. The van der Waals surface area contributed by atoms with Gasteiger partial charge < -0.3 is 10.5 Å². The number of anilines is 1. The highest BCUT2D eigenvalue weighted by molar-refractivity contribution is 5.53. The Morgan fingerprint density at radius 3 is 2.58 bits per heavy atom. The maximum absolute atomic E-state index is 5.86. The van der Waals surface area contributed by atoms with Gasteiger partial charge in [0.25, 0.3) is 0 Å². The van der Waals surface area contributed by atoms with Crippen molar-refractivity contribution in [2.24, 2.45) is 0 Å². The van der Waals surface area contributed by atoms with Gasteiger partial charge in [0.2, 0.25) is 0 Å². The summed E-state index contributed by atoms with van der Waals surface area (Å²) in [5.74, 6) is 1.03. The highest BCUT2D eigenvalue weighted by Crippen LogP contribution is 2.27. The van der Waals surface area contributed by atoms with Crippen molar-refractivity contribution in [3.63, 3.8) is 0 Å². The Bertz CT molecular complexity index is 594. The lowest BCUT2D eigenvalue weighted by Gasteiger charge is -2.11. The van der Waals surface area contributed by atoms with Gasteiger partial charge in [0.05, 0.1) is 5.69 Å². The van der Waals surface area contributed by atoms with Crippen LogP contribution in [0, 0.1) is 13.8 Å². The van der Waals surface area contributed by atoms with Gasteiger partial charge >= 0.3 is 6.01 Å². The summed E-state index contributed by atoms with van der Waals surface area (Å²) in [6.07, 6.45) is 0. The van der Waals surface area contributed by atoms with Crippen molar-refractivity contribution in [2.75, 3.05) is 5.73 Å². The van der Waals surface area contributed by atoms with E-state index in [1.165, 1.54) is 0 Å². The van der Waals surface area contributed by atoms with Crippen molar-refractivity contribution in [3.05, 3.63) is 41.2 Å². The van der Waals surface area contributed by atoms with Crippen LogP contribution in [0.1, 0.15) is 36.7 Å². The predicted octanol–water partition coefficient (Wildman–Crippen LogP) is 3.59. The molecule has 0 fully saturated rings. The number of aromatic nitrogens is 2. The van der Waals surface area contributed by atoms with Gasteiger partial charge in [-0.3, -0.25) is 0 Å². The molecule has 0 aliphatic rings. The third-order valence-electron chi connectivity index (χ3n) is 2.97. The molecule has 0 saturated heterocycles. The molecule has 2 N–H and O–H groups in total. The molecule has 0 radical (unpaired) electrons. The van der Waals surface area contributed by atoms with Crippen molar-refractivity contribution >= 4 is 5.69 Å². The van der Waals surface area contributed by atoms with Crippen LogP contribution in [0.15, 0.2) is 24.3 Å². The van der Waals surface area contributed by atoms with Crippen LogP contribution < -0.4 is 10.5 Å². The first-order valence-corrected chi connectivity index (χ1v) is 6.36. The summed E-state index contributed by atoms with van der Waals surface area (Å²) in [6.45, 7) is 8.05. The SMILES string of the molecule is Cc1cc(C(C)C)nc(Oc2cccc(N)c2C)n1. The van der Waals surface area contributed by atoms with E-state index in [1.807, 2.05) is 38.1 Å². The second-order valence-electron chi connectivity index (χ2n) is 4.94. The Morgan fingerprint density at radius 1 is 1.16 bits per heavy atom. The van der Waals surface area contributed by atoms with Crippen molar-refractivity contribution in [2.45, 2.75) is 33.6 Å². The van der Waals surface area contributed by atoms with E-state index in [0.29, 0.717) is 23.4 Å². The van der Waals surface area contributed by atoms with Crippen molar-refractivity contribution in [1.29, 1.82) is 0 Å². The predicted molar refractivity (Wildman–Crippen MR) is 76.5 cm³/mol. The van der Waals surface area contributed by atoms with Crippen LogP contribution in [0.3, 0.4) is 0 Å². The summed E-state index contributed by atoms with van der Waals surface area (Å²) < 4.78 is 5.76. The molecule has 4 nitrogen and oxygen atoms in total. The molecule has 1 heterocycles. The lowest BCUT2D eigenvalue weighted by Crippen LogP contribution is -2.01. The second kappa shape index (κ2) is 5.26. The molecular weight excluding hydrogens is 238 g/mol. The lowest BCUT2D eigenvalue weighted by atomic mass is 10.1. The van der Waals surface area contributed by atoms with Crippen LogP contribution in [-0.4, -0.2) is 9.97 Å². The average molecular weight is 257 g/mol. The topological polar surface area (TPSA) is 61.0 Å². The quantitative estimate of drug-likeness (QED) is 0.853. The van der Waals surface area contributed by atoms with E-state index >= 15 is 0 Å². The van der Waals surface area contributed by atoms with E-state index in [2.05, 4.69) is 23.8 Å². The van der Waals surface area contributed by atoms with E-state index in [-0.39, 0.29) is 0 Å². The van der Waals surface area contributed by atoms with Crippen LogP contribution in [0.5, 0.6) is 11.8 Å². The Hall–Kier alpha value is -2.10. The number of benzene rings is 1. The number of aryl methyl sites for hydroxylation is 1. The van der Waals surface area contributed by atoms with Crippen molar-refractivity contribution in [1.82, 2.24) is 9.97 Å². The zero-order valence-corrected chi connectivity index (χ0v) is 11.8. The minimum absolute atomic E-state index is 0.339. The normalized spacial score (nSPS) is 10.8. The number of rotatable bonds is 3. The minimum atomic E-state index is 0.339. The van der Waals surface area contributed by atoms with Crippen LogP contribution in [-0.2, 0) is 0 Å². The van der Waals surface area contributed by atoms with Gasteiger partial charge in [-0.05, 0) is 38.0 Å². The maximum atomic E-state index is 5.86. The summed E-state index contributed by atoms with van der Waals surface area (Å²) in [4.78, 5) is 8.73. The standard InChI is InChI=1S/C15H19N3O/c1-9(2)13-8-10(3)17-15(18-13)19-14-7-5-6-12(16)11(14)4/h5-9H,16H2,1-4H3. The van der Waals surface area contributed by atoms with Gasteiger partial charge in [-0.1, -0.05) is 19.9 Å². The third-order valence-corrected chi connectivity index (χ3v) is 2.97. The lowest BCUT2D eigenvalue weighted by molar-refractivity contribution is 0.434. The molecule has 0 amide bonds. The zero-order chi connectivity index (χ0) is 14.0. The molecule has 2 aromatic rings. The van der Waals surface area contributed by atoms with E-state index in [0.717, 1.165) is 17.0 Å². The molecule has 0 spiro atoms. The van der Waals surface area contributed by atoms with E-state index in [1.54, 1.807) is 0 Å². The molecule has 0 unspecified atom stereocenters. The fourth-order valence-corrected chi connectivity index (χ4v) is 1.75. The molecular formula is C15H19N3O. The molecule has 0 bridgehead atoms. The number of hydrogen-bond acceptors (Lipinski definition) is 4. The summed E-state index contributed by atoms with van der Waals surface area (Å²) in [5, 5.41) is 0. The first kappa shape index (κ1) is 13.3.